The van der Waals surface area contributed by atoms with Gasteiger partial charge in [-0.1, -0.05) is 30.3 Å². The SMILES string of the molecule is CO[C@H]1O[C@H](C=O)[C@@H](OCc2ccccc2)[C@@]1(C)O. The minimum absolute atomic E-state index is 0.297. The number of hydrogen-bond acceptors (Lipinski definition) is 5. The van der Waals surface area contributed by atoms with E-state index in [9.17, 15) is 9.90 Å². The Morgan fingerprint density at radius 2 is 2.11 bits per heavy atom. The molecule has 5 nitrogen and oxygen atoms in total. The third-order valence-corrected chi connectivity index (χ3v) is 3.25. The predicted molar refractivity (Wildman–Crippen MR) is 67.4 cm³/mol. The first-order chi connectivity index (χ1) is 9.09. The van der Waals surface area contributed by atoms with Gasteiger partial charge < -0.3 is 24.1 Å². The summed E-state index contributed by atoms with van der Waals surface area (Å²) in [4.78, 5) is 11.0. The Bertz CT molecular complexity index is 417. The van der Waals surface area contributed by atoms with Gasteiger partial charge in [-0.3, -0.25) is 0 Å². The van der Waals surface area contributed by atoms with Crippen molar-refractivity contribution < 1.29 is 24.1 Å². The minimum atomic E-state index is -1.37. The van der Waals surface area contributed by atoms with Gasteiger partial charge in [0.25, 0.3) is 0 Å². The lowest BCUT2D eigenvalue weighted by molar-refractivity contribution is -0.188. The number of aliphatic hydroxyl groups is 1. The highest BCUT2D eigenvalue weighted by molar-refractivity contribution is 5.58. The van der Waals surface area contributed by atoms with Crippen LogP contribution in [-0.2, 0) is 25.6 Å². The maximum atomic E-state index is 11.0. The maximum absolute atomic E-state index is 11.0. The zero-order valence-electron chi connectivity index (χ0n) is 11.0. The van der Waals surface area contributed by atoms with Crippen LogP contribution in [0.25, 0.3) is 0 Å². The molecule has 0 spiro atoms. The number of carbonyl (C=O) groups is 1. The van der Waals surface area contributed by atoms with Crippen molar-refractivity contribution in [3.8, 4) is 0 Å². The average molecular weight is 266 g/mol. The van der Waals surface area contributed by atoms with Crippen LogP contribution in [0.2, 0.25) is 0 Å². The Hall–Kier alpha value is -1.27. The molecule has 1 aromatic carbocycles. The summed E-state index contributed by atoms with van der Waals surface area (Å²) in [6.07, 6.45) is -1.83. The quantitative estimate of drug-likeness (QED) is 0.802. The number of benzene rings is 1. The predicted octanol–water partition coefficient (Wildman–Crippen LogP) is 0.893. The Morgan fingerprint density at radius 1 is 1.42 bits per heavy atom. The van der Waals surface area contributed by atoms with Crippen LogP contribution in [0.1, 0.15) is 12.5 Å². The zero-order valence-corrected chi connectivity index (χ0v) is 11.0. The van der Waals surface area contributed by atoms with E-state index < -0.39 is 24.1 Å². The summed E-state index contributed by atoms with van der Waals surface area (Å²) < 4.78 is 16.0. The van der Waals surface area contributed by atoms with Gasteiger partial charge in [0.1, 0.15) is 17.8 Å². The van der Waals surface area contributed by atoms with Crippen LogP contribution in [0.15, 0.2) is 30.3 Å². The van der Waals surface area contributed by atoms with E-state index in [2.05, 4.69) is 0 Å². The number of hydrogen-bond donors (Lipinski definition) is 1. The highest BCUT2D eigenvalue weighted by Crippen LogP contribution is 2.33. The fourth-order valence-electron chi connectivity index (χ4n) is 2.24. The van der Waals surface area contributed by atoms with Gasteiger partial charge in [0, 0.05) is 7.11 Å². The van der Waals surface area contributed by atoms with Gasteiger partial charge >= 0.3 is 0 Å². The van der Waals surface area contributed by atoms with E-state index in [0.29, 0.717) is 12.9 Å². The summed E-state index contributed by atoms with van der Waals surface area (Å²) in [5, 5.41) is 10.4. The molecule has 0 unspecified atom stereocenters. The van der Waals surface area contributed by atoms with E-state index in [4.69, 9.17) is 14.2 Å². The molecule has 1 aliphatic rings. The number of ether oxygens (including phenoxy) is 3. The van der Waals surface area contributed by atoms with Crippen molar-refractivity contribution in [2.75, 3.05) is 7.11 Å². The van der Waals surface area contributed by atoms with Crippen molar-refractivity contribution in [1.82, 2.24) is 0 Å². The summed E-state index contributed by atoms with van der Waals surface area (Å²) in [5.41, 5.74) is -0.404. The third kappa shape index (κ3) is 2.84. The Morgan fingerprint density at radius 3 is 2.68 bits per heavy atom. The first-order valence-corrected chi connectivity index (χ1v) is 6.11. The second-order valence-electron chi connectivity index (χ2n) is 4.75. The molecule has 2 rings (SSSR count). The van der Waals surface area contributed by atoms with Crippen molar-refractivity contribution in [2.24, 2.45) is 0 Å². The smallest absolute Gasteiger partial charge is 0.189 e. The molecule has 19 heavy (non-hydrogen) atoms. The number of methoxy groups -OCH3 is 1. The molecular formula is C14H18O5. The van der Waals surface area contributed by atoms with Gasteiger partial charge in [0.2, 0.25) is 0 Å². The number of rotatable bonds is 5. The number of aldehydes is 1. The fraction of sp³-hybridized carbons (Fsp3) is 0.500. The normalized spacial score (nSPS) is 34.4. The molecule has 5 heteroatoms. The monoisotopic (exact) mass is 266 g/mol. The van der Waals surface area contributed by atoms with Crippen LogP contribution in [0.4, 0.5) is 0 Å². The molecule has 0 aliphatic carbocycles. The molecule has 1 aliphatic heterocycles. The lowest BCUT2D eigenvalue weighted by Gasteiger charge is -2.28. The third-order valence-electron chi connectivity index (χ3n) is 3.25. The minimum Gasteiger partial charge on any atom is -0.382 e. The molecule has 4 atom stereocenters. The molecule has 1 N–H and O–H groups in total. The van der Waals surface area contributed by atoms with Crippen LogP contribution in [0, 0.1) is 0 Å². The van der Waals surface area contributed by atoms with Gasteiger partial charge in [-0.2, -0.15) is 0 Å². The first kappa shape index (κ1) is 14.1. The van der Waals surface area contributed by atoms with E-state index in [1.54, 1.807) is 6.92 Å². The lowest BCUT2D eigenvalue weighted by atomic mass is 9.98. The van der Waals surface area contributed by atoms with Gasteiger partial charge in [-0.05, 0) is 12.5 Å². The van der Waals surface area contributed by atoms with Crippen LogP contribution in [-0.4, -0.2) is 42.6 Å². The van der Waals surface area contributed by atoms with Crippen molar-refractivity contribution in [2.45, 2.75) is 37.6 Å². The first-order valence-electron chi connectivity index (χ1n) is 6.11. The summed E-state index contributed by atoms with van der Waals surface area (Å²) in [6.45, 7) is 1.84. The van der Waals surface area contributed by atoms with Crippen molar-refractivity contribution in [3.05, 3.63) is 35.9 Å². The van der Waals surface area contributed by atoms with E-state index in [0.717, 1.165) is 5.56 Å². The van der Waals surface area contributed by atoms with Crippen LogP contribution < -0.4 is 0 Å². The van der Waals surface area contributed by atoms with Crippen molar-refractivity contribution in [3.63, 3.8) is 0 Å². The summed E-state index contributed by atoms with van der Waals surface area (Å²) in [7, 11) is 1.42. The molecule has 0 radical (unpaired) electrons. The van der Waals surface area contributed by atoms with E-state index in [-0.39, 0.29) is 0 Å². The van der Waals surface area contributed by atoms with Crippen LogP contribution in [0.5, 0.6) is 0 Å². The molecule has 104 valence electrons. The number of carbonyl (C=O) groups excluding carboxylic acids is 1. The molecule has 0 bridgehead atoms. The Kier molecular flexibility index (Phi) is 4.31. The molecular weight excluding hydrogens is 248 g/mol. The molecule has 0 aromatic heterocycles. The molecule has 0 amide bonds. The van der Waals surface area contributed by atoms with Gasteiger partial charge in [0.05, 0.1) is 6.61 Å². The van der Waals surface area contributed by atoms with E-state index >= 15 is 0 Å². The largest absolute Gasteiger partial charge is 0.382 e. The second kappa shape index (κ2) is 5.79. The standard InChI is InChI=1S/C14H18O5/c1-14(16)12(11(8-15)19-13(14)17-2)18-9-10-6-4-3-5-7-10/h3-8,11-13,16H,9H2,1-2H3/t11-,12-,13+,14-/m1/s1. The second-order valence-corrected chi connectivity index (χ2v) is 4.75. The van der Waals surface area contributed by atoms with E-state index in [1.807, 2.05) is 30.3 Å². The average Bonchev–Trinajstić information content (AvgIpc) is 2.67. The molecule has 1 fully saturated rings. The molecule has 0 saturated carbocycles. The molecule has 1 heterocycles. The summed E-state index contributed by atoms with van der Waals surface area (Å²) >= 11 is 0. The summed E-state index contributed by atoms with van der Waals surface area (Å²) in [6, 6.07) is 9.53. The van der Waals surface area contributed by atoms with Gasteiger partial charge in [-0.15, -0.1) is 0 Å². The Labute approximate surface area is 112 Å². The topological polar surface area (TPSA) is 65.0 Å². The molecule has 1 aromatic rings. The lowest BCUT2D eigenvalue weighted by Crippen LogP contribution is -2.47. The van der Waals surface area contributed by atoms with Gasteiger partial charge in [0.15, 0.2) is 12.6 Å². The maximum Gasteiger partial charge on any atom is 0.189 e. The Balaban J connectivity index is 2.06. The van der Waals surface area contributed by atoms with Gasteiger partial charge in [-0.25, -0.2) is 0 Å². The zero-order chi connectivity index (χ0) is 13.9. The van der Waals surface area contributed by atoms with Crippen LogP contribution >= 0.6 is 0 Å². The van der Waals surface area contributed by atoms with Crippen LogP contribution in [0.3, 0.4) is 0 Å². The van der Waals surface area contributed by atoms with E-state index in [1.165, 1.54) is 7.11 Å². The highest BCUT2D eigenvalue weighted by atomic mass is 16.7. The molecule has 1 saturated heterocycles. The fourth-order valence-corrected chi connectivity index (χ4v) is 2.24. The van der Waals surface area contributed by atoms with Crippen molar-refractivity contribution >= 4 is 6.29 Å². The summed E-state index contributed by atoms with van der Waals surface area (Å²) in [5.74, 6) is 0. The highest BCUT2D eigenvalue weighted by Gasteiger charge is 2.54. The van der Waals surface area contributed by atoms with Crippen molar-refractivity contribution in [1.29, 1.82) is 0 Å².